The number of benzene rings is 4. The Kier molecular flexibility index (Phi) is 13.4. The quantitative estimate of drug-likeness (QED) is 0.0709. The van der Waals surface area contributed by atoms with Gasteiger partial charge in [0.25, 0.3) is 10.1 Å². The first-order chi connectivity index (χ1) is 25.6. The topological polar surface area (TPSA) is 265 Å². The van der Waals surface area contributed by atoms with Gasteiger partial charge in [0.2, 0.25) is 15.3 Å². The maximum absolute atomic E-state index is 13.3. The van der Waals surface area contributed by atoms with E-state index in [0.717, 1.165) is 41.1 Å². The van der Waals surface area contributed by atoms with Crippen molar-refractivity contribution in [3.8, 4) is 23.0 Å². The molecule has 300 valence electrons. The second-order valence-electron chi connectivity index (χ2n) is 12.7. The fraction of sp³-hybridized carbons (Fsp3) is 0.314. The number of ether oxygens (including phenoxy) is 2. The zero-order valence-corrected chi connectivity index (χ0v) is 32.8. The van der Waals surface area contributed by atoms with Gasteiger partial charge in [-0.1, -0.05) is 38.1 Å². The molecule has 0 saturated carbocycles. The van der Waals surface area contributed by atoms with Gasteiger partial charge in [0.15, 0.2) is 9.84 Å². The van der Waals surface area contributed by atoms with E-state index < -0.39 is 86.7 Å². The molecule has 4 unspecified atom stereocenters. The van der Waals surface area contributed by atoms with E-state index in [0.29, 0.717) is 11.5 Å². The number of rotatable bonds is 18. The first kappa shape index (κ1) is 43.6. The Morgan fingerprint density at radius 2 is 1.02 bits per heavy atom. The molecule has 0 heterocycles. The van der Waals surface area contributed by atoms with Crippen LogP contribution in [0.4, 0.5) is 0 Å². The van der Waals surface area contributed by atoms with Gasteiger partial charge in [-0.15, -0.1) is 0 Å². The molecule has 0 aliphatic rings. The third-order valence-corrected chi connectivity index (χ3v) is 15.7. The van der Waals surface area contributed by atoms with Crippen LogP contribution in [0.15, 0.2) is 107 Å². The molecule has 0 radical (unpaired) electrons. The number of aliphatic hydroxyl groups excluding tert-OH is 4. The number of sulfone groups is 2. The number of hydrogen-bond acceptors (Lipinski definition) is 15. The van der Waals surface area contributed by atoms with Crippen LogP contribution < -0.4 is 13.7 Å². The predicted molar refractivity (Wildman–Crippen MR) is 199 cm³/mol. The number of hydrogen-bond donors (Lipinski definition) is 5. The van der Waals surface area contributed by atoms with E-state index in [4.69, 9.17) is 18.8 Å². The number of methoxy groups -OCH3 is 1. The van der Waals surface area contributed by atoms with E-state index in [1.165, 1.54) is 24.3 Å². The van der Waals surface area contributed by atoms with Crippen LogP contribution in [0.1, 0.15) is 25.0 Å². The molecule has 0 aliphatic heterocycles. The molecule has 16 nitrogen and oxygen atoms in total. The second-order valence-corrected chi connectivity index (χ2v) is 20.2. The van der Waals surface area contributed by atoms with Gasteiger partial charge in [0, 0.05) is 5.41 Å². The van der Waals surface area contributed by atoms with Crippen LogP contribution in [-0.4, -0.2) is 107 Å². The van der Waals surface area contributed by atoms with Crippen LogP contribution >= 0.6 is 0 Å². The molecule has 4 rings (SSSR count). The van der Waals surface area contributed by atoms with E-state index in [2.05, 4.69) is 13.8 Å². The van der Waals surface area contributed by atoms with Crippen LogP contribution in [-0.2, 0) is 45.3 Å². The summed E-state index contributed by atoms with van der Waals surface area (Å²) in [6.07, 6.45) is -2.32. The average Bonchev–Trinajstić information content (AvgIpc) is 3.13. The summed E-state index contributed by atoms with van der Waals surface area (Å²) in [5.41, 5.74) is -1.23. The molecule has 0 aliphatic carbocycles. The van der Waals surface area contributed by atoms with Crippen molar-refractivity contribution in [2.75, 3.05) is 26.1 Å². The highest BCUT2D eigenvalue weighted by molar-refractivity contribution is 7.95. The summed E-state index contributed by atoms with van der Waals surface area (Å²) in [6, 6.07) is 24.5. The lowest BCUT2D eigenvalue weighted by Gasteiger charge is -2.26. The zero-order chi connectivity index (χ0) is 41.0. The Labute approximate surface area is 319 Å². The highest BCUT2D eigenvalue weighted by Gasteiger charge is 2.45. The standard InChI is InChI=1S/C35H40O16S4/c1-35(2,23-4-8-25(49-3)9-5-23)24-6-10-26(11-7-24)50-27-12-16-29(17-13-27)53(42,43)30-18-14-28(15-19-30)51-55(47,48)34(39)32(21-37)52(40,41)22-33(31(38)20-36)54(44,45)46/h4-19,31-34,36-39H,20-22H2,1-3H3,(H,44,45,46). The molecular formula is C35H40O16S4. The molecule has 0 aromatic heterocycles. The van der Waals surface area contributed by atoms with Crippen LogP contribution in [0.5, 0.6) is 23.0 Å². The molecule has 0 saturated heterocycles. The lowest BCUT2D eigenvalue weighted by molar-refractivity contribution is 0.0928. The lowest BCUT2D eigenvalue weighted by atomic mass is 9.78. The Morgan fingerprint density at radius 1 is 0.600 bits per heavy atom. The highest BCUT2D eigenvalue weighted by Crippen LogP contribution is 2.34. The van der Waals surface area contributed by atoms with Gasteiger partial charge >= 0.3 is 10.1 Å². The van der Waals surface area contributed by atoms with E-state index in [1.54, 1.807) is 19.2 Å². The molecule has 4 aromatic carbocycles. The summed E-state index contributed by atoms with van der Waals surface area (Å²) in [6.45, 7) is 1.30. The van der Waals surface area contributed by atoms with Gasteiger partial charge in [-0.3, -0.25) is 4.55 Å². The van der Waals surface area contributed by atoms with Gasteiger partial charge in [0.05, 0.1) is 42.0 Å². The molecule has 0 spiro atoms. The summed E-state index contributed by atoms with van der Waals surface area (Å²) >= 11 is 0. The minimum absolute atomic E-state index is 0.140. The Morgan fingerprint density at radius 3 is 1.42 bits per heavy atom. The molecule has 4 aromatic rings. The maximum Gasteiger partial charge on any atom is 0.337 e. The summed E-state index contributed by atoms with van der Waals surface area (Å²) in [7, 11) is -18.4. The van der Waals surface area contributed by atoms with Gasteiger partial charge in [-0.25, -0.2) is 16.8 Å². The Bertz CT molecular complexity index is 2360. The molecule has 0 bridgehead atoms. The zero-order valence-electron chi connectivity index (χ0n) is 29.5. The summed E-state index contributed by atoms with van der Waals surface area (Å²) < 4.78 is 126. The fourth-order valence-corrected chi connectivity index (χ4v) is 11.7. The Balaban J connectivity index is 1.43. The van der Waals surface area contributed by atoms with E-state index in [-0.39, 0.29) is 15.2 Å². The maximum atomic E-state index is 13.3. The van der Waals surface area contributed by atoms with Crippen molar-refractivity contribution in [1.29, 1.82) is 0 Å². The molecule has 55 heavy (non-hydrogen) atoms. The monoisotopic (exact) mass is 844 g/mol. The molecule has 20 heteroatoms. The lowest BCUT2D eigenvalue weighted by Crippen LogP contribution is -2.49. The molecular weight excluding hydrogens is 805 g/mol. The van der Waals surface area contributed by atoms with Crippen LogP contribution in [0.25, 0.3) is 0 Å². The summed E-state index contributed by atoms with van der Waals surface area (Å²) in [5.74, 6) is -0.659. The first-order valence-corrected chi connectivity index (χ1v) is 22.3. The van der Waals surface area contributed by atoms with Crippen molar-refractivity contribution in [1.82, 2.24) is 0 Å². The van der Waals surface area contributed by atoms with Crippen molar-refractivity contribution in [2.45, 2.75) is 51.1 Å². The van der Waals surface area contributed by atoms with E-state index in [9.17, 15) is 53.5 Å². The normalized spacial score (nSPS) is 15.1. The largest absolute Gasteiger partial charge is 0.497 e. The van der Waals surface area contributed by atoms with Gasteiger partial charge < -0.3 is 34.1 Å². The molecule has 5 N–H and O–H groups in total. The second kappa shape index (κ2) is 16.9. The molecule has 0 fully saturated rings. The van der Waals surface area contributed by atoms with Crippen molar-refractivity contribution in [2.24, 2.45) is 0 Å². The van der Waals surface area contributed by atoms with Gasteiger partial charge in [0.1, 0.15) is 33.5 Å². The third kappa shape index (κ3) is 10.2. The van der Waals surface area contributed by atoms with E-state index in [1.807, 2.05) is 36.4 Å². The van der Waals surface area contributed by atoms with E-state index >= 15 is 0 Å². The summed E-state index contributed by atoms with van der Waals surface area (Å²) in [4.78, 5) is -0.435. The molecule has 0 amide bonds. The third-order valence-electron chi connectivity index (χ3n) is 8.75. The fourth-order valence-electron chi connectivity index (χ4n) is 5.36. The Hall–Kier alpha value is -4.12. The molecule has 4 atom stereocenters. The van der Waals surface area contributed by atoms with Gasteiger partial charge in [-0.05, 0) is 83.9 Å². The van der Waals surface area contributed by atoms with Crippen LogP contribution in [0, 0.1) is 0 Å². The minimum Gasteiger partial charge on any atom is -0.497 e. The van der Waals surface area contributed by atoms with Crippen molar-refractivity contribution in [3.63, 3.8) is 0 Å². The van der Waals surface area contributed by atoms with Crippen molar-refractivity contribution < 1.29 is 72.3 Å². The smallest absolute Gasteiger partial charge is 0.337 e. The average molecular weight is 845 g/mol. The van der Waals surface area contributed by atoms with Gasteiger partial charge in [-0.2, -0.15) is 16.8 Å². The summed E-state index contributed by atoms with van der Waals surface area (Å²) in [5, 5.41) is 33.6. The minimum atomic E-state index is -5.34. The van der Waals surface area contributed by atoms with Crippen molar-refractivity contribution >= 4 is 39.9 Å². The number of aliphatic hydroxyl groups is 4. The van der Waals surface area contributed by atoms with Crippen molar-refractivity contribution in [3.05, 3.63) is 108 Å². The highest BCUT2D eigenvalue weighted by atomic mass is 32.2. The predicted octanol–water partition coefficient (Wildman–Crippen LogP) is 2.06. The van der Waals surface area contributed by atoms with Crippen LogP contribution in [0.2, 0.25) is 0 Å². The van der Waals surface area contributed by atoms with Crippen LogP contribution in [0.3, 0.4) is 0 Å². The first-order valence-electron chi connectivity index (χ1n) is 16.1. The SMILES string of the molecule is COc1ccc(C(C)(C)c2ccc(Oc3ccc(S(=O)(=O)c4ccc(OS(=O)(=O)C(O)C(CO)S(=O)(=O)CC(C(O)CO)S(=O)(=O)O)cc4)cc3)cc2)cc1.